The van der Waals surface area contributed by atoms with Crippen LogP contribution in [0.4, 0.5) is 0 Å². The highest BCUT2D eigenvalue weighted by molar-refractivity contribution is 6.01. The zero-order valence-electron chi connectivity index (χ0n) is 14.1. The largest absolute Gasteiger partial charge is 0.337 e. The Balaban J connectivity index is 2.05. The fourth-order valence-corrected chi connectivity index (χ4v) is 4.06. The maximum atomic E-state index is 13.2. The van der Waals surface area contributed by atoms with Gasteiger partial charge in [0.05, 0.1) is 0 Å². The van der Waals surface area contributed by atoms with E-state index in [1.165, 1.54) is 17.3 Å². The highest BCUT2D eigenvalue weighted by atomic mass is 16.2. The molecule has 1 amide bonds. The number of rotatable bonds is 2. The molecule has 2 heterocycles. The fourth-order valence-electron chi connectivity index (χ4n) is 4.06. The highest BCUT2D eigenvalue weighted by Gasteiger charge is 2.29. The first-order valence-corrected chi connectivity index (χ1v) is 8.40. The van der Waals surface area contributed by atoms with Crippen LogP contribution in [0.25, 0.3) is 10.9 Å². The van der Waals surface area contributed by atoms with Crippen LogP contribution in [0.2, 0.25) is 0 Å². The van der Waals surface area contributed by atoms with E-state index in [1.807, 2.05) is 6.07 Å². The Morgan fingerprint density at radius 2 is 1.82 bits per heavy atom. The highest BCUT2D eigenvalue weighted by Crippen LogP contribution is 2.29. The number of carbonyl (C=O) groups is 1. The molecule has 1 aromatic carbocycles. The van der Waals surface area contributed by atoms with Gasteiger partial charge in [-0.2, -0.15) is 0 Å². The van der Waals surface area contributed by atoms with Gasteiger partial charge in [0.25, 0.3) is 5.91 Å². The first kappa shape index (κ1) is 15.1. The van der Waals surface area contributed by atoms with E-state index in [1.54, 1.807) is 0 Å². The first-order chi connectivity index (χ1) is 10.5. The van der Waals surface area contributed by atoms with Gasteiger partial charge in [-0.05, 0) is 43.7 Å². The molecule has 1 fully saturated rings. The molecule has 22 heavy (non-hydrogen) atoms. The number of carbonyl (C=O) groups excluding carboxylic acids is 1. The van der Waals surface area contributed by atoms with E-state index >= 15 is 0 Å². The van der Waals surface area contributed by atoms with Crippen LogP contribution in [0.3, 0.4) is 0 Å². The normalized spacial score (nSPS) is 22.3. The standard InChI is InChI=1S/C19H26N2O/c1-5-21-17-9-7-6-8-16(17)15(4)18(21)19(22)20-11-13(2)10-14(3)12-20/h6-9,13-14H,5,10-12H2,1-4H3. The smallest absolute Gasteiger partial charge is 0.270 e. The van der Waals surface area contributed by atoms with Crippen LogP contribution in [-0.2, 0) is 6.54 Å². The van der Waals surface area contributed by atoms with Crippen molar-refractivity contribution in [1.82, 2.24) is 9.47 Å². The second-order valence-electron chi connectivity index (χ2n) is 6.89. The van der Waals surface area contributed by atoms with Gasteiger partial charge in [0, 0.05) is 30.5 Å². The number of piperidine rings is 1. The fraction of sp³-hybridized carbons (Fsp3) is 0.526. The number of hydrogen-bond acceptors (Lipinski definition) is 1. The van der Waals surface area contributed by atoms with Gasteiger partial charge in [-0.1, -0.05) is 32.0 Å². The Bertz CT molecular complexity index is 691. The number of aryl methyl sites for hydroxylation is 2. The third-order valence-electron chi connectivity index (χ3n) is 4.90. The van der Waals surface area contributed by atoms with Crippen molar-refractivity contribution >= 4 is 16.8 Å². The molecule has 2 aromatic rings. The molecule has 2 atom stereocenters. The second kappa shape index (κ2) is 5.79. The monoisotopic (exact) mass is 298 g/mol. The molecular formula is C19H26N2O. The van der Waals surface area contributed by atoms with E-state index in [4.69, 9.17) is 0 Å². The molecule has 1 aliphatic rings. The van der Waals surface area contributed by atoms with Crippen LogP contribution in [0.15, 0.2) is 24.3 Å². The number of hydrogen-bond donors (Lipinski definition) is 0. The van der Waals surface area contributed by atoms with Crippen molar-refractivity contribution in [1.29, 1.82) is 0 Å². The third-order valence-corrected chi connectivity index (χ3v) is 4.90. The molecule has 3 rings (SSSR count). The van der Waals surface area contributed by atoms with E-state index < -0.39 is 0 Å². The second-order valence-corrected chi connectivity index (χ2v) is 6.89. The average molecular weight is 298 g/mol. The zero-order chi connectivity index (χ0) is 15.9. The Labute approximate surface area is 132 Å². The SMILES string of the molecule is CCn1c(C(=O)N2CC(C)CC(C)C2)c(C)c2ccccc21. The van der Waals surface area contributed by atoms with E-state index in [2.05, 4.69) is 55.4 Å². The summed E-state index contributed by atoms with van der Waals surface area (Å²) in [6, 6.07) is 8.33. The Hall–Kier alpha value is -1.77. The summed E-state index contributed by atoms with van der Waals surface area (Å²) in [5.74, 6) is 1.38. The third kappa shape index (κ3) is 2.43. The molecule has 0 bridgehead atoms. The van der Waals surface area contributed by atoms with Crippen molar-refractivity contribution in [2.75, 3.05) is 13.1 Å². The molecule has 3 heteroatoms. The van der Waals surface area contributed by atoms with Crippen LogP contribution in [-0.4, -0.2) is 28.5 Å². The maximum absolute atomic E-state index is 13.2. The lowest BCUT2D eigenvalue weighted by Gasteiger charge is -2.35. The first-order valence-electron chi connectivity index (χ1n) is 8.40. The minimum absolute atomic E-state index is 0.203. The van der Waals surface area contributed by atoms with Crippen LogP contribution < -0.4 is 0 Å². The van der Waals surface area contributed by atoms with Gasteiger partial charge in [-0.25, -0.2) is 0 Å². The summed E-state index contributed by atoms with van der Waals surface area (Å²) in [6.45, 7) is 11.3. The number of aromatic nitrogens is 1. The summed E-state index contributed by atoms with van der Waals surface area (Å²) >= 11 is 0. The average Bonchev–Trinajstić information content (AvgIpc) is 2.78. The van der Waals surface area contributed by atoms with Crippen molar-refractivity contribution in [2.24, 2.45) is 11.8 Å². The van der Waals surface area contributed by atoms with Gasteiger partial charge in [0.1, 0.15) is 5.69 Å². The Morgan fingerprint density at radius 1 is 1.18 bits per heavy atom. The van der Waals surface area contributed by atoms with E-state index in [0.717, 1.165) is 30.9 Å². The molecule has 1 aromatic heterocycles. The molecule has 2 unspecified atom stereocenters. The molecule has 1 saturated heterocycles. The summed E-state index contributed by atoms with van der Waals surface area (Å²) in [7, 11) is 0. The number of amides is 1. The number of para-hydroxylation sites is 1. The zero-order valence-corrected chi connectivity index (χ0v) is 14.1. The van der Waals surface area contributed by atoms with Crippen LogP contribution in [0.5, 0.6) is 0 Å². The van der Waals surface area contributed by atoms with Gasteiger partial charge in [-0.3, -0.25) is 4.79 Å². The minimum Gasteiger partial charge on any atom is -0.337 e. The summed E-state index contributed by atoms with van der Waals surface area (Å²) in [6.07, 6.45) is 1.22. The maximum Gasteiger partial charge on any atom is 0.270 e. The number of nitrogens with zero attached hydrogens (tertiary/aromatic N) is 2. The molecule has 118 valence electrons. The lowest BCUT2D eigenvalue weighted by atomic mass is 9.91. The summed E-state index contributed by atoms with van der Waals surface area (Å²) < 4.78 is 2.18. The van der Waals surface area contributed by atoms with Gasteiger partial charge in [0.15, 0.2) is 0 Å². The predicted octanol–water partition coefficient (Wildman–Crippen LogP) is 4.09. The Kier molecular flexibility index (Phi) is 3.98. The number of likely N-dealkylation sites (tertiary alicyclic amines) is 1. The van der Waals surface area contributed by atoms with Gasteiger partial charge in [-0.15, -0.1) is 0 Å². The van der Waals surface area contributed by atoms with Gasteiger partial charge < -0.3 is 9.47 Å². The van der Waals surface area contributed by atoms with Gasteiger partial charge in [0.2, 0.25) is 0 Å². The van der Waals surface area contributed by atoms with Crippen molar-refractivity contribution in [3.63, 3.8) is 0 Å². The number of fused-ring (bicyclic) bond motifs is 1. The van der Waals surface area contributed by atoms with Crippen molar-refractivity contribution in [2.45, 2.75) is 40.7 Å². The Morgan fingerprint density at radius 3 is 2.45 bits per heavy atom. The molecule has 0 saturated carbocycles. The van der Waals surface area contributed by atoms with E-state index in [0.29, 0.717) is 11.8 Å². The summed E-state index contributed by atoms with van der Waals surface area (Å²) in [5, 5.41) is 1.20. The molecule has 0 N–H and O–H groups in total. The molecule has 1 aliphatic heterocycles. The van der Waals surface area contributed by atoms with Crippen molar-refractivity contribution in [3.8, 4) is 0 Å². The quantitative estimate of drug-likeness (QED) is 0.820. The molecule has 0 aliphatic carbocycles. The van der Waals surface area contributed by atoms with Gasteiger partial charge >= 0.3 is 0 Å². The number of benzene rings is 1. The molecular weight excluding hydrogens is 272 g/mol. The summed E-state index contributed by atoms with van der Waals surface area (Å²) in [4.78, 5) is 15.2. The van der Waals surface area contributed by atoms with Crippen molar-refractivity contribution < 1.29 is 4.79 Å². The van der Waals surface area contributed by atoms with E-state index in [-0.39, 0.29) is 5.91 Å². The molecule has 0 radical (unpaired) electrons. The summed E-state index contributed by atoms with van der Waals surface area (Å²) in [5.41, 5.74) is 3.17. The van der Waals surface area contributed by atoms with Crippen LogP contribution >= 0.6 is 0 Å². The molecule has 0 spiro atoms. The van der Waals surface area contributed by atoms with E-state index in [9.17, 15) is 4.79 Å². The topological polar surface area (TPSA) is 25.2 Å². The molecule has 3 nitrogen and oxygen atoms in total. The van der Waals surface area contributed by atoms with Crippen molar-refractivity contribution in [3.05, 3.63) is 35.5 Å². The lowest BCUT2D eigenvalue weighted by molar-refractivity contribution is 0.0612. The minimum atomic E-state index is 0.203. The van der Waals surface area contributed by atoms with Crippen LogP contribution in [0, 0.1) is 18.8 Å². The lowest BCUT2D eigenvalue weighted by Crippen LogP contribution is -2.43. The predicted molar refractivity (Wildman–Crippen MR) is 91.2 cm³/mol. The van der Waals surface area contributed by atoms with Crippen LogP contribution in [0.1, 0.15) is 43.2 Å².